The highest BCUT2D eigenvalue weighted by Gasteiger charge is 2.14. The molecule has 2 aromatic heterocycles. The summed E-state index contributed by atoms with van der Waals surface area (Å²) in [6.07, 6.45) is 0. The second kappa shape index (κ2) is 5.00. The Labute approximate surface area is 130 Å². The zero-order chi connectivity index (χ0) is 15.8. The maximum atomic E-state index is 12.3. The van der Waals surface area contributed by atoms with Crippen LogP contribution in [0.25, 0.3) is 22.0 Å². The van der Waals surface area contributed by atoms with E-state index in [1.165, 1.54) is 0 Å². The Morgan fingerprint density at radius 2 is 2.09 bits per heavy atom. The number of hydrogen-bond donors (Lipinski definition) is 2. The third-order valence-electron chi connectivity index (χ3n) is 3.49. The number of H-pyrrole nitrogens is 1. The molecule has 0 spiro atoms. The molecule has 2 heterocycles. The summed E-state index contributed by atoms with van der Waals surface area (Å²) >= 11 is 0. The first kappa shape index (κ1) is 13.1. The van der Waals surface area contributed by atoms with E-state index < -0.39 is 0 Å². The quantitative estimate of drug-likeness (QED) is 0.593. The lowest BCUT2D eigenvalue weighted by Gasteiger charge is -1.97. The monoisotopic (exact) mass is 302 g/mol. The van der Waals surface area contributed by atoms with E-state index in [0.29, 0.717) is 28.1 Å². The number of aromatic nitrogens is 2. The van der Waals surface area contributed by atoms with Crippen LogP contribution in [0.3, 0.4) is 0 Å². The van der Waals surface area contributed by atoms with E-state index in [9.17, 15) is 4.79 Å². The van der Waals surface area contributed by atoms with Crippen LogP contribution in [-0.2, 0) is 0 Å². The molecule has 4 aromatic rings. The van der Waals surface area contributed by atoms with Crippen molar-refractivity contribution < 1.29 is 9.21 Å². The SMILES string of the molecule is N#Cc1ccc2nc(NC(=O)c3cc4ccccc4o3)[nH]c2c1. The van der Waals surface area contributed by atoms with Crippen molar-refractivity contribution in [1.29, 1.82) is 5.26 Å². The summed E-state index contributed by atoms with van der Waals surface area (Å²) in [6, 6.07) is 16.2. The first-order valence-electron chi connectivity index (χ1n) is 6.93. The second-order valence-corrected chi connectivity index (χ2v) is 5.03. The number of nitrogens with one attached hydrogen (secondary N) is 2. The molecule has 4 rings (SSSR count). The molecule has 2 N–H and O–H groups in total. The van der Waals surface area contributed by atoms with Gasteiger partial charge in [0.05, 0.1) is 22.7 Å². The third kappa shape index (κ3) is 2.30. The molecule has 0 aliphatic rings. The number of fused-ring (bicyclic) bond motifs is 2. The third-order valence-corrected chi connectivity index (χ3v) is 3.49. The summed E-state index contributed by atoms with van der Waals surface area (Å²) < 4.78 is 5.52. The van der Waals surface area contributed by atoms with Crippen LogP contribution in [0.4, 0.5) is 5.95 Å². The van der Waals surface area contributed by atoms with Crippen molar-refractivity contribution in [1.82, 2.24) is 9.97 Å². The number of carbonyl (C=O) groups is 1. The van der Waals surface area contributed by atoms with Crippen LogP contribution in [0.2, 0.25) is 0 Å². The average Bonchev–Trinajstić information content (AvgIpc) is 3.17. The smallest absolute Gasteiger partial charge is 0.293 e. The van der Waals surface area contributed by atoms with E-state index in [1.807, 2.05) is 18.2 Å². The standard InChI is InChI=1S/C17H10N4O2/c18-9-10-5-6-12-13(7-10)20-17(19-12)21-16(22)15-8-11-3-1-2-4-14(11)23-15/h1-8H,(H2,19,20,21,22). The molecule has 0 saturated heterocycles. The average molecular weight is 302 g/mol. The molecular formula is C17H10N4O2. The Kier molecular flexibility index (Phi) is 2.85. The van der Waals surface area contributed by atoms with Crippen molar-refractivity contribution in [3.63, 3.8) is 0 Å². The number of furan rings is 1. The topological polar surface area (TPSA) is 94.7 Å². The van der Waals surface area contributed by atoms with Gasteiger partial charge in [0.1, 0.15) is 5.58 Å². The maximum Gasteiger partial charge on any atom is 0.293 e. The summed E-state index contributed by atoms with van der Waals surface area (Å²) in [4.78, 5) is 19.5. The fraction of sp³-hybridized carbons (Fsp3) is 0. The van der Waals surface area contributed by atoms with Crippen molar-refractivity contribution in [3.05, 3.63) is 59.9 Å². The Bertz CT molecular complexity index is 1050. The Morgan fingerprint density at radius 1 is 1.22 bits per heavy atom. The fourth-order valence-electron chi connectivity index (χ4n) is 2.40. The lowest BCUT2D eigenvalue weighted by Crippen LogP contribution is -2.11. The van der Waals surface area contributed by atoms with Crippen LogP contribution in [0.1, 0.15) is 16.1 Å². The van der Waals surface area contributed by atoms with E-state index >= 15 is 0 Å². The molecule has 0 unspecified atom stereocenters. The van der Waals surface area contributed by atoms with Crippen molar-refractivity contribution in [3.8, 4) is 6.07 Å². The van der Waals surface area contributed by atoms with Gasteiger partial charge in [-0.15, -0.1) is 0 Å². The molecule has 0 saturated carbocycles. The number of aromatic amines is 1. The van der Waals surface area contributed by atoms with Crippen LogP contribution in [-0.4, -0.2) is 15.9 Å². The van der Waals surface area contributed by atoms with Gasteiger partial charge < -0.3 is 9.40 Å². The molecule has 2 aromatic carbocycles. The summed E-state index contributed by atoms with van der Waals surface area (Å²) in [7, 11) is 0. The Morgan fingerprint density at radius 3 is 2.91 bits per heavy atom. The van der Waals surface area contributed by atoms with E-state index in [4.69, 9.17) is 9.68 Å². The fourth-order valence-corrected chi connectivity index (χ4v) is 2.40. The molecule has 0 fully saturated rings. The van der Waals surface area contributed by atoms with Crippen molar-refractivity contribution in [2.45, 2.75) is 0 Å². The number of para-hydroxylation sites is 1. The highest BCUT2D eigenvalue weighted by atomic mass is 16.3. The van der Waals surface area contributed by atoms with Gasteiger partial charge in [-0.1, -0.05) is 18.2 Å². The van der Waals surface area contributed by atoms with Crippen LogP contribution >= 0.6 is 0 Å². The first-order valence-corrected chi connectivity index (χ1v) is 6.93. The molecule has 0 radical (unpaired) electrons. The van der Waals surface area contributed by atoms with Gasteiger partial charge in [0.15, 0.2) is 5.76 Å². The molecule has 0 aliphatic heterocycles. The van der Waals surface area contributed by atoms with Crippen molar-refractivity contribution in [2.75, 3.05) is 5.32 Å². The summed E-state index contributed by atoms with van der Waals surface area (Å²) in [5.74, 6) is 0.130. The second-order valence-electron chi connectivity index (χ2n) is 5.03. The number of imidazole rings is 1. The number of nitriles is 1. The van der Waals surface area contributed by atoms with Gasteiger partial charge in [-0.05, 0) is 30.3 Å². The molecule has 0 bridgehead atoms. The lowest BCUT2D eigenvalue weighted by atomic mass is 10.2. The number of rotatable bonds is 2. The lowest BCUT2D eigenvalue weighted by molar-refractivity contribution is 0.0998. The number of carbonyl (C=O) groups excluding carboxylic acids is 1. The van der Waals surface area contributed by atoms with Crippen LogP contribution < -0.4 is 5.32 Å². The number of benzene rings is 2. The summed E-state index contributed by atoms with van der Waals surface area (Å²) in [5, 5.41) is 12.4. The van der Waals surface area contributed by atoms with Gasteiger partial charge in [0, 0.05) is 5.39 Å². The van der Waals surface area contributed by atoms with Crippen LogP contribution in [0.5, 0.6) is 0 Å². The number of nitrogens with zero attached hydrogens (tertiary/aromatic N) is 2. The normalized spacial score (nSPS) is 10.7. The zero-order valence-electron chi connectivity index (χ0n) is 11.8. The molecule has 0 aliphatic carbocycles. The van der Waals surface area contributed by atoms with E-state index in [0.717, 1.165) is 5.39 Å². The largest absolute Gasteiger partial charge is 0.451 e. The van der Waals surface area contributed by atoms with Gasteiger partial charge in [0.25, 0.3) is 5.91 Å². The van der Waals surface area contributed by atoms with Gasteiger partial charge in [-0.2, -0.15) is 5.26 Å². The van der Waals surface area contributed by atoms with E-state index in [1.54, 1.807) is 30.3 Å². The van der Waals surface area contributed by atoms with Gasteiger partial charge >= 0.3 is 0 Å². The Balaban J connectivity index is 1.64. The van der Waals surface area contributed by atoms with Crippen LogP contribution in [0, 0.1) is 11.3 Å². The highest BCUT2D eigenvalue weighted by Crippen LogP contribution is 2.20. The van der Waals surface area contributed by atoms with E-state index in [2.05, 4.69) is 21.4 Å². The molecule has 1 amide bonds. The van der Waals surface area contributed by atoms with Crippen molar-refractivity contribution >= 4 is 33.9 Å². The first-order chi connectivity index (χ1) is 11.2. The molecular weight excluding hydrogens is 292 g/mol. The molecule has 23 heavy (non-hydrogen) atoms. The molecule has 110 valence electrons. The van der Waals surface area contributed by atoms with Gasteiger partial charge in [-0.3, -0.25) is 10.1 Å². The number of amides is 1. The predicted octanol–water partition coefficient (Wildman–Crippen LogP) is 3.43. The highest BCUT2D eigenvalue weighted by molar-refractivity contribution is 6.04. The molecule has 6 heteroatoms. The summed E-state index contributed by atoms with van der Waals surface area (Å²) in [6.45, 7) is 0. The minimum atomic E-state index is -0.388. The minimum Gasteiger partial charge on any atom is -0.451 e. The van der Waals surface area contributed by atoms with Gasteiger partial charge in [0.2, 0.25) is 5.95 Å². The minimum absolute atomic E-state index is 0.212. The maximum absolute atomic E-state index is 12.3. The van der Waals surface area contributed by atoms with Gasteiger partial charge in [-0.25, -0.2) is 4.98 Å². The van der Waals surface area contributed by atoms with Crippen LogP contribution in [0.15, 0.2) is 52.9 Å². The number of hydrogen-bond acceptors (Lipinski definition) is 4. The molecule has 0 atom stereocenters. The summed E-state index contributed by atoms with van der Waals surface area (Å²) in [5.41, 5.74) is 2.53. The predicted molar refractivity (Wildman–Crippen MR) is 85.0 cm³/mol. The van der Waals surface area contributed by atoms with E-state index in [-0.39, 0.29) is 11.7 Å². The number of anilines is 1. The zero-order valence-corrected chi connectivity index (χ0v) is 11.8. The molecule has 6 nitrogen and oxygen atoms in total. The Hall–Kier alpha value is -3.59. The van der Waals surface area contributed by atoms with Crippen molar-refractivity contribution in [2.24, 2.45) is 0 Å².